The second kappa shape index (κ2) is 8.74. The largest absolute Gasteiger partial charge is 0.299 e. The van der Waals surface area contributed by atoms with Gasteiger partial charge in [0.2, 0.25) is 0 Å². The minimum atomic E-state index is -0.141. The van der Waals surface area contributed by atoms with Gasteiger partial charge in [0.05, 0.1) is 11.3 Å². The number of hydrogen-bond donors (Lipinski definition) is 0. The summed E-state index contributed by atoms with van der Waals surface area (Å²) in [6, 6.07) is 16.3. The lowest BCUT2D eigenvalue weighted by Gasteiger charge is -2.20. The van der Waals surface area contributed by atoms with Crippen molar-refractivity contribution >= 4 is 22.7 Å². The zero-order valence-corrected chi connectivity index (χ0v) is 20.0. The molecule has 2 aromatic heterocycles. The number of hydrogen-bond acceptors (Lipinski definition) is 6. The lowest BCUT2D eigenvalue weighted by molar-refractivity contribution is 0.484. The number of thioether (sulfide) groups is 1. The Labute approximate surface area is 197 Å². The highest BCUT2D eigenvalue weighted by Crippen LogP contribution is 2.37. The van der Waals surface area contributed by atoms with Crippen molar-refractivity contribution in [2.45, 2.75) is 68.9 Å². The fourth-order valence-electron chi connectivity index (χ4n) is 4.41. The highest BCUT2D eigenvalue weighted by atomic mass is 32.2. The lowest BCUT2D eigenvalue weighted by Crippen LogP contribution is -2.23. The van der Waals surface area contributed by atoms with E-state index in [1.165, 1.54) is 34.8 Å². The van der Waals surface area contributed by atoms with E-state index >= 15 is 0 Å². The second-order valence-electron chi connectivity index (χ2n) is 9.63. The molecule has 33 heavy (non-hydrogen) atoms. The molecule has 0 atom stereocenters. The predicted molar refractivity (Wildman–Crippen MR) is 131 cm³/mol. The van der Waals surface area contributed by atoms with Gasteiger partial charge in [-0.15, -0.1) is 15.3 Å². The van der Waals surface area contributed by atoms with Gasteiger partial charge < -0.3 is 0 Å². The average molecular weight is 461 g/mol. The molecule has 0 amide bonds. The van der Waals surface area contributed by atoms with Crippen LogP contribution in [0, 0.1) is 0 Å². The quantitative estimate of drug-likeness (QED) is 0.380. The first-order chi connectivity index (χ1) is 15.9. The second-order valence-corrected chi connectivity index (χ2v) is 10.5. The van der Waals surface area contributed by atoms with Gasteiger partial charge in [0.25, 0.3) is 5.56 Å². The van der Waals surface area contributed by atoms with Gasteiger partial charge in [0, 0.05) is 11.6 Å². The molecule has 0 radical (unpaired) electrons. The van der Waals surface area contributed by atoms with E-state index in [1.807, 2.05) is 12.1 Å². The Kier molecular flexibility index (Phi) is 5.78. The van der Waals surface area contributed by atoms with Gasteiger partial charge in [-0.05, 0) is 36.0 Å². The molecule has 7 nitrogen and oxygen atoms in total. The van der Waals surface area contributed by atoms with Crippen molar-refractivity contribution in [3.05, 3.63) is 64.4 Å². The van der Waals surface area contributed by atoms with Gasteiger partial charge in [-0.1, -0.05) is 87.0 Å². The monoisotopic (exact) mass is 460 g/mol. The van der Waals surface area contributed by atoms with Gasteiger partial charge in [0.15, 0.2) is 11.0 Å². The molecule has 1 aliphatic rings. The Morgan fingerprint density at radius 3 is 2.42 bits per heavy atom. The van der Waals surface area contributed by atoms with Crippen LogP contribution in [0.4, 0.5) is 0 Å². The molecule has 8 heteroatoms. The van der Waals surface area contributed by atoms with Crippen molar-refractivity contribution < 1.29 is 0 Å². The number of fused-ring (bicyclic) bond motifs is 1. The molecule has 0 saturated heterocycles. The molecule has 1 aliphatic carbocycles. The van der Waals surface area contributed by atoms with Crippen LogP contribution in [0.3, 0.4) is 0 Å². The minimum absolute atomic E-state index is 0.104. The summed E-state index contributed by atoms with van der Waals surface area (Å²) in [6.45, 7) is 6.65. The maximum absolute atomic E-state index is 12.8. The van der Waals surface area contributed by atoms with E-state index < -0.39 is 0 Å². The Morgan fingerprint density at radius 2 is 1.70 bits per heavy atom. The zero-order chi connectivity index (χ0) is 23.0. The topological polar surface area (TPSA) is 78.5 Å². The van der Waals surface area contributed by atoms with Gasteiger partial charge in [0.1, 0.15) is 5.52 Å². The fourth-order valence-corrected chi connectivity index (χ4v) is 5.29. The normalized spacial score (nSPS) is 14.9. The molecule has 2 heterocycles. The molecule has 2 aromatic carbocycles. The summed E-state index contributed by atoms with van der Waals surface area (Å²) >= 11 is 1.48. The van der Waals surface area contributed by atoms with Crippen LogP contribution < -0.4 is 5.56 Å². The highest BCUT2D eigenvalue weighted by molar-refractivity contribution is 7.98. The summed E-state index contributed by atoms with van der Waals surface area (Å²) < 4.78 is 3.67. The molecule has 5 rings (SSSR count). The van der Waals surface area contributed by atoms with Crippen LogP contribution in [-0.4, -0.2) is 29.8 Å². The van der Waals surface area contributed by atoms with Crippen LogP contribution in [0.5, 0.6) is 0 Å². The summed E-state index contributed by atoms with van der Waals surface area (Å²) in [6.07, 6.45) is 4.67. The van der Waals surface area contributed by atoms with E-state index in [1.54, 1.807) is 12.1 Å². The third-order valence-corrected chi connectivity index (χ3v) is 7.22. The zero-order valence-electron chi connectivity index (χ0n) is 19.2. The molecule has 0 spiro atoms. The van der Waals surface area contributed by atoms with E-state index in [4.69, 9.17) is 0 Å². The standard InChI is InChI=1S/C25H28N6OS/c1-25(2,3)18-14-12-17(13-15-18)22-27-28-24(31(22)19-8-4-5-9-19)33-16-30-23(32)20-10-6-7-11-21(20)26-29-30/h6-7,10-15,19H,4-5,8-9,16H2,1-3H3. The number of nitrogens with zero attached hydrogens (tertiary/aromatic N) is 6. The molecule has 0 unspecified atom stereocenters. The van der Waals surface area contributed by atoms with Crippen LogP contribution in [0.1, 0.15) is 58.1 Å². The van der Waals surface area contributed by atoms with E-state index in [9.17, 15) is 4.79 Å². The smallest absolute Gasteiger partial charge is 0.278 e. The maximum atomic E-state index is 12.8. The summed E-state index contributed by atoms with van der Waals surface area (Å²) in [5, 5.41) is 18.8. The average Bonchev–Trinajstić information content (AvgIpc) is 3.48. The molecule has 0 aliphatic heterocycles. The van der Waals surface area contributed by atoms with Crippen LogP contribution in [0.2, 0.25) is 0 Å². The maximum Gasteiger partial charge on any atom is 0.278 e. The van der Waals surface area contributed by atoms with E-state index in [-0.39, 0.29) is 11.0 Å². The number of benzene rings is 2. The number of rotatable bonds is 5. The van der Waals surface area contributed by atoms with Crippen molar-refractivity contribution in [3.8, 4) is 11.4 Å². The van der Waals surface area contributed by atoms with Gasteiger partial charge >= 0.3 is 0 Å². The van der Waals surface area contributed by atoms with Crippen LogP contribution >= 0.6 is 11.8 Å². The molecule has 0 bridgehead atoms. The molecular weight excluding hydrogens is 432 g/mol. The lowest BCUT2D eigenvalue weighted by atomic mass is 9.86. The van der Waals surface area contributed by atoms with Crippen molar-refractivity contribution in [2.24, 2.45) is 0 Å². The first-order valence-electron chi connectivity index (χ1n) is 11.4. The van der Waals surface area contributed by atoms with Crippen molar-refractivity contribution in [1.82, 2.24) is 29.8 Å². The molecule has 4 aromatic rings. The van der Waals surface area contributed by atoms with Gasteiger partial charge in [-0.2, -0.15) is 4.68 Å². The fraction of sp³-hybridized carbons (Fsp3) is 0.400. The predicted octanol–water partition coefficient (Wildman–Crippen LogP) is 5.21. The van der Waals surface area contributed by atoms with Crippen LogP contribution in [0.15, 0.2) is 58.5 Å². The third-order valence-electron chi connectivity index (χ3n) is 6.31. The van der Waals surface area contributed by atoms with E-state index in [0.717, 1.165) is 29.4 Å². The van der Waals surface area contributed by atoms with Crippen LogP contribution in [-0.2, 0) is 11.3 Å². The summed E-state index contributed by atoms with van der Waals surface area (Å²) in [5.74, 6) is 1.23. The van der Waals surface area contributed by atoms with Crippen molar-refractivity contribution in [1.29, 1.82) is 0 Å². The molecule has 1 saturated carbocycles. The summed E-state index contributed by atoms with van der Waals surface area (Å²) in [7, 11) is 0. The molecule has 0 N–H and O–H groups in total. The van der Waals surface area contributed by atoms with Crippen molar-refractivity contribution in [3.63, 3.8) is 0 Å². The Morgan fingerprint density at radius 1 is 0.970 bits per heavy atom. The third kappa shape index (κ3) is 4.31. The van der Waals surface area contributed by atoms with E-state index in [0.29, 0.717) is 22.8 Å². The Hall–Kier alpha value is -3.00. The Balaban J connectivity index is 1.46. The SMILES string of the molecule is CC(C)(C)c1ccc(-c2nnc(SCn3nnc4ccccc4c3=O)n2C2CCCC2)cc1. The molecule has 1 fully saturated rings. The molecular formula is C25H28N6OS. The van der Waals surface area contributed by atoms with Crippen LogP contribution in [0.25, 0.3) is 22.3 Å². The first-order valence-corrected chi connectivity index (χ1v) is 12.4. The summed E-state index contributed by atoms with van der Waals surface area (Å²) in [4.78, 5) is 12.8. The Bertz CT molecular complexity index is 1330. The van der Waals surface area contributed by atoms with Gasteiger partial charge in [-0.25, -0.2) is 0 Å². The van der Waals surface area contributed by atoms with Gasteiger partial charge in [-0.3, -0.25) is 9.36 Å². The van der Waals surface area contributed by atoms with Crippen molar-refractivity contribution in [2.75, 3.05) is 0 Å². The summed E-state index contributed by atoms with van der Waals surface area (Å²) in [5.41, 5.74) is 2.93. The molecule has 170 valence electrons. The highest BCUT2D eigenvalue weighted by Gasteiger charge is 2.25. The first kappa shape index (κ1) is 21.8. The van der Waals surface area contributed by atoms with E-state index in [2.05, 4.69) is 70.1 Å². The minimum Gasteiger partial charge on any atom is -0.299 e. The number of aromatic nitrogens is 6.